The van der Waals surface area contributed by atoms with E-state index in [4.69, 9.17) is 5.73 Å². The molecule has 0 aliphatic carbocycles. The number of hydrogen-bond acceptors (Lipinski definition) is 4. The van der Waals surface area contributed by atoms with Crippen LogP contribution in [0.5, 0.6) is 0 Å². The van der Waals surface area contributed by atoms with E-state index < -0.39 is 0 Å². The van der Waals surface area contributed by atoms with Gasteiger partial charge in [-0.3, -0.25) is 4.98 Å². The summed E-state index contributed by atoms with van der Waals surface area (Å²) >= 11 is 4.25. The Morgan fingerprint density at radius 2 is 2.21 bits per heavy atom. The van der Waals surface area contributed by atoms with Gasteiger partial charge >= 0.3 is 0 Å². The van der Waals surface area contributed by atoms with Gasteiger partial charge in [0.05, 0.1) is 0 Å². The lowest BCUT2D eigenvalue weighted by molar-refractivity contribution is 0.842. The van der Waals surface area contributed by atoms with Crippen molar-refractivity contribution < 1.29 is 0 Å². The maximum atomic E-state index is 6.06. The molecule has 0 aromatic carbocycles. The van der Waals surface area contributed by atoms with Crippen molar-refractivity contribution in [3.8, 4) is 11.1 Å². The number of pyridine rings is 2. The molecule has 5 heteroatoms. The summed E-state index contributed by atoms with van der Waals surface area (Å²) in [6.45, 7) is 0. The lowest BCUT2D eigenvalue weighted by Crippen LogP contribution is -2.10. The molecular weight excluding hydrogens is 256 g/mol. The fourth-order valence-corrected chi connectivity index (χ4v) is 2.32. The second kappa shape index (κ2) is 5.03. The number of aromatic nitrogens is 3. The number of aromatic amines is 1. The quantitative estimate of drug-likeness (QED) is 0.641. The smallest absolute Gasteiger partial charge is 0.137 e. The normalized spacial score (nSPS) is 12.7. The van der Waals surface area contributed by atoms with Gasteiger partial charge in [0.2, 0.25) is 0 Å². The van der Waals surface area contributed by atoms with Crippen LogP contribution in [0.1, 0.15) is 11.6 Å². The molecule has 0 aliphatic heterocycles. The predicted molar refractivity (Wildman–Crippen MR) is 80.1 cm³/mol. The first kappa shape index (κ1) is 12.2. The van der Waals surface area contributed by atoms with Crippen LogP contribution in [0.15, 0.2) is 43.0 Å². The summed E-state index contributed by atoms with van der Waals surface area (Å²) in [6.07, 6.45) is 7.33. The van der Waals surface area contributed by atoms with Gasteiger partial charge in [0.15, 0.2) is 0 Å². The summed E-state index contributed by atoms with van der Waals surface area (Å²) in [4.78, 5) is 11.7. The third-order valence-electron chi connectivity index (χ3n) is 3.15. The molecule has 3 aromatic rings. The van der Waals surface area contributed by atoms with E-state index in [0.717, 1.165) is 27.7 Å². The lowest BCUT2D eigenvalue weighted by Gasteiger charge is -2.07. The summed E-state index contributed by atoms with van der Waals surface area (Å²) in [6, 6.07) is 5.93. The Hall–Kier alpha value is -1.85. The molecule has 1 atom stereocenters. The van der Waals surface area contributed by atoms with E-state index in [1.54, 1.807) is 6.20 Å². The molecule has 0 aliphatic rings. The first-order valence-corrected chi connectivity index (χ1v) is 6.66. The van der Waals surface area contributed by atoms with E-state index in [-0.39, 0.29) is 6.04 Å². The van der Waals surface area contributed by atoms with E-state index in [9.17, 15) is 0 Å². The van der Waals surface area contributed by atoms with Gasteiger partial charge in [-0.15, -0.1) is 0 Å². The van der Waals surface area contributed by atoms with Gasteiger partial charge in [0, 0.05) is 53.1 Å². The molecule has 3 heterocycles. The zero-order valence-electron chi connectivity index (χ0n) is 10.2. The molecule has 4 nitrogen and oxygen atoms in total. The maximum absolute atomic E-state index is 6.06. The molecule has 3 rings (SSSR count). The van der Waals surface area contributed by atoms with Crippen molar-refractivity contribution >= 4 is 23.7 Å². The number of fused-ring (bicyclic) bond motifs is 1. The zero-order chi connectivity index (χ0) is 13.2. The van der Waals surface area contributed by atoms with Gasteiger partial charge in [-0.05, 0) is 17.7 Å². The van der Waals surface area contributed by atoms with E-state index in [1.807, 2.05) is 30.7 Å². The van der Waals surface area contributed by atoms with E-state index >= 15 is 0 Å². The Bertz CT molecular complexity index is 693. The zero-order valence-corrected chi connectivity index (χ0v) is 11.1. The van der Waals surface area contributed by atoms with E-state index in [1.165, 1.54) is 0 Å². The summed E-state index contributed by atoms with van der Waals surface area (Å²) in [5.74, 6) is 0.601. The number of H-pyrrole nitrogens is 1. The molecular formula is C14H14N4S. The van der Waals surface area contributed by atoms with Crippen molar-refractivity contribution in [2.24, 2.45) is 5.73 Å². The first-order chi connectivity index (χ1) is 9.29. The monoisotopic (exact) mass is 270 g/mol. The SMILES string of the molecule is NC(CS)c1c[nH]c2ncc(-c3cccnc3)cc12. The van der Waals surface area contributed by atoms with Crippen molar-refractivity contribution in [1.82, 2.24) is 15.0 Å². The summed E-state index contributed by atoms with van der Waals surface area (Å²) in [7, 11) is 0. The molecule has 0 amide bonds. The Morgan fingerprint density at radius 1 is 1.32 bits per heavy atom. The molecule has 96 valence electrons. The van der Waals surface area contributed by atoms with Gasteiger partial charge in [-0.1, -0.05) is 6.07 Å². The summed E-state index contributed by atoms with van der Waals surface area (Å²) in [5.41, 5.74) is 10.0. The second-order valence-electron chi connectivity index (χ2n) is 4.39. The largest absolute Gasteiger partial charge is 0.346 e. The van der Waals surface area contributed by atoms with Gasteiger partial charge in [-0.2, -0.15) is 12.6 Å². The summed E-state index contributed by atoms with van der Waals surface area (Å²) < 4.78 is 0. The number of rotatable bonds is 3. The number of nitrogens with two attached hydrogens (primary N) is 1. The van der Waals surface area contributed by atoms with Gasteiger partial charge in [0.25, 0.3) is 0 Å². The van der Waals surface area contributed by atoms with Crippen LogP contribution in [0.25, 0.3) is 22.2 Å². The first-order valence-electron chi connectivity index (χ1n) is 6.03. The summed E-state index contributed by atoms with van der Waals surface area (Å²) in [5, 5.41) is 1.04. The fraction of sp³-hybridized carbons (Fsp3) is 0.143. The standard InChI is InChI=1S/C14H14N4S/c15-13(8-19)12-7-18-14-11(12)4-10(6-17-14)9-2-1-3-16-5-9/h1-7,13,19H,8,15H2,(H,17,18). The molecule has 1 unspecified atom stereocenters. The van der Waals surface area contributed by atoms with Crippen LogP contribution in [0.3, 0.4) is 0 Å². The molecule has 0 radical (unpaired) electrons. The number of nitrogens with zero attached hydrogens (tertiary/aromatic N) is 2. The minimum absolute atomic E-state index is 0.0944. The molecule has 0 saturated heterocycles. The van der Waals surface area contributed by atoms with Crippen molar-refractivity contribution in [2.75, 3.05) is 5.75 Å². The highest BCUT2D eigenvalue weighted by atomic mass is 32.1. The third-order valence-corrected chi connectivity index (χ3v) is 3.55. The van der Waals surface area contributed by atoms with Gasteiger partial charge in [0.1, 0.15) is 5.65 Å². The highest BCUT2D eigenvalue weighted by Gasteiger charge is 2.12. The highest BCUT2D eigenvalue weighted by Crippen LogP contribution is 2.27. The van der Waals surface area contributed by atoms with Crippen LogP contribution < -0.4 is 5.73 Å². The molecule has 3 aromatic heterocycles. The average molecular weight is 270 g/mol. The predicted octanol–water partition coefficient (Wildman–Crippen LogP) is 2.55. The minimum Gasteiger partial charge on any atom is -0.346 e. The number of thiol groups is 1. The minimum atomic E-state index is -0.0944. The van der Waals surface area contributed by atoms with Crippen LogP contribution in [0.4, 0.5) is 0 Å². The van der Waals surface area contributed by atoms with Crippen molar-refractivity contribution in [3.05, 3.63) is 48.5 Å². The average Bonchev–Trinajstić information content (AvgIpc) is 2.90. The van der Waals surface area contributed by atoms with E-state index in [0.29, 0.717) is 5.75 Å². The lowest BCUT2D eigenvalue weighted by atomic mass is 10.1. The maximum Gasteiger partial charge on any atom is 0.137 e. The Morgan fingerprint density at radius 3 is 2.95 bits per heavy atom. The van der Waals surface area contributed by atoms with Gasteiger partial charge in [-0.25, -0.2) is 4.98 Å². The molecule has 0 saturated carbocycles. The molecule has 0 bridgehead atoms. The van der Waals surface area contributed by atoms with Crippen molar-refractivity contribution in [2.45, 2.75) is 6.04 Å². The molecule has 0 fully saturated rings. The van der Waals surface area contributed by atoms with Crippen LogP contribution in [0.2, 0.25) is 0 Å². The van der Waals surface area contributed by atoms with Crippen LogP contribution in [-0.2, 0) is 0 Å². The Balaban J connectivity index is 2.14. The topological polar surface area (TPSA) is 67.6 Å². The fourth-order valence-electron chi connectivity index (χ4n) is 2.12. The highest BCUT2D eigenvalue weighted by molar-refractivity contribution is 7.80. The van der Waals surface area contributed by atoms with Crippen LogP contribution in [-0.4, -0.2) is 20.7 Å². The van der Waals surface area contributed by atoms with Crippen LogP contribution in [0, 0.1) is 0 Å². The Labute approximate surface area is 116 Å². The molecule has 19 heavy (non-hydrogen) atoms. The molecule has 3 N–H and O–H groups in total. The van der Waals surface area contributed by atoms with Gasteiger partial charge < -0.3 is 10.7 Å². The number of nitrogens with one attached hydrogen (secondary N) is 1. The van der Waals surface area contributed by atoms with Crippen molar-refractivity contribution in [3.63, 3.8) is 0 Å². The second-order valence-corrected chi connectivity index (χ2v) is 4.76. The van der Waals surface area contributed by atoms with Crippen molar-refractivity contribution in [1.29, 1.82) is 0 Å². The number of hydrogen-bond donors (Lipinski definition) is 3. The van der Waals surface area contributed by atoms with Crippen LogP contribution >= 0.6 is 12.6 Å². The van der Waals surface area contributed by atoms with E-state index in [2.05, 4.69) is 33.6 Å². The Kier molecular flexibility index (Phi) is 3.23. The molecule has 0 spiro atoms. The third kappa shape index (κ3) is 2.22.